The molecule has 0 saturated carbocycles. The Labute approximate surface area is 133 Å². The molecular formula is C18H18BrNO. The third-order valence-corrected chi connectivity index (χ3v) is 4.55. The standard InChI is InChI=1S/C18H18BrNO/c1-3-15-17(12-6-4-5-7-16(12)21-15)18(20)13-10-11(2)8-9-14(13)19/h4-10,18H,3,20H2,1-2H3. The molecule has 0 spiro atoms. The highest BCUT2D eigenvalue weighted by Crippen LogP contribution is 2.36. The average molecular weight is 344 g/mol. The summed E-state index contributed by atoms with van der Waals surface area (Å²) in [5, 5.41) is 1.11. The molecule has 0 radical (unpaired) electrons. The molecule has 0 aliphatic rings. The summed E-state index contributed by atoms with van der Waals surface area (Å²) in [7, 11) is 0. The molecule has 0 bridgehead atoms. The number of halogens is 1. The Bertz CT molecular complexity index is 791. The van der Waals surface area contributed by atoms with Crippen LogP contribution in [0, 0.1) is 6.92 Å². The van der Waals surface area contributed by atoms with Crippen LogP contribution in [0.15, 0.2) is 51.4 Å². The van der Waals surface area contributed by atoms with Crippen molar-refractivity contribution in [1.29, 1.82) is 0 Å². The van der Waals surface area contributed by atoms with Gasteiger partial charge in [-0.25, -0.2) is 0 Å². The summed E-state index contributed by atoms with van der Waals surface area (Å²) in [6, 6.07) is 14.2. The van der Waals surface area contributed by atoms with E-state index in [0.717, 1.165) is 38.7 Å². The second-order valence-corrected chi connectivity index (χ2v) is 6.15. The summed E-state index contributed by atoms with van der Waals surface area (Å²) in [4.78, 5) is 0. The zero-order valence-corrected chi connectivity index (χ0v) is 13.8. The van der Waals surface area contributed by atoms with Crippen LogP contribution in [0.2, 0.25) is 0 Å². The lowest BCUT2D eigenvalue weighted by atomic mass is 9.95. The van der Waals surface area contributed by atoms with Crippen LogP contribution in [-0.4, -0.2) is 0 Å². The first-order chi connectivity index (χ1) is 10.1. The van der Waals surface area contributed by atoms with Crippen LogP contribution in [0.4, 0.5) is 0 Å². The van der Waals surface area contributed by atoms with Crippen molar-refractivity contribution in [3.05, 3.63) is 69.4 Å². The Morgan fingerprint density at radius 3 is 2.71 bits per heavy atom. The van der Waals surface area contributed by atoms with E-state index in [0.29, 0.717) is 0 Å². The molecule has 0 saturated heterocycles. The van der Waals surface area contributed by atoms with Gasteiger partial charge >= 0.3 is 0 Å². The van der Waals surface area contributed by atoms with Gasteiger partial charge in [0.15, 0.2) is 0 Å². The Kier molecular flexibility index (Phi) is 3.87. The quantitative estimate of drug-likeness (QED) is 0.717. The summed E-state index contributed by atoms with van der Waals surface area (Å²) >= 11 is 3.62. The van der Waals surface area contributed by atoms with Gasteiger partial charge in [-0.3, -0.25) is 0 Å². The molecule has 1 unspecified atom stereocenters. The molecule has 3 rings (SSSR count). The number of benzene rings is 2. The molecule has 1 heterocycles. The van der Waals surface area contributed by atoms with Crippen LogP contribution >= 0.6 is 15.9 Å². The minimum atomic E-state index is -0.196. The second-order valence-electron chi connectivity index (χ2n) is 5.29. The molecular weight excluding hydrogens is 326 g/mol. The molecule has 0 fully saturated rings. The second kappa shape index (κ2) is 5.66. The van der Waals surface area contributed by atoms with E-state index < -0.39 is 0 Å². The highest BCUT2D eigenvalue weighted by molar-refractivity contribution is 9.10. The lowest BCUT2D eigenvalue weighted by Crippen LogP contribution is -2.14. The van der Waals surface area contributed by atoms with E-state index in [4.69, 9.17) is 10.2 Å². The van der Waals surface area contributed by atoms with Crippen molar-refractivity contribution in [3.8, 4) is 0 Å². The summed E-state index contributed by atoms with van der Waals surface area (Å²) in [6.45, 7) is 4.18. The third-order valence-electron chi connectivity index (χ3n) is 3.83. The molecule has 21 heavy (non-hydrogen) atoms. The van der Waals surface area contributed by atoms with Crippen molar-refractivity contribution in [3.63, 3.8) is 0 Å². The van der Waals surface area contributed by atoms with Crippen molar-refractivity contribution in [1.82, 2.24) is 0 Å². The zero-order valence-electron chi connectivity index (χ0n) is 12.2. The molecule has 0 aliphatic heterocycles. The molecule has 1 aromatic heterocycles. The largest absolute Gasteiger partial charge is 0.461 e. The highest BCUT2D eigenvalue weighted by atomic mass is 79.9. The van der Waals surface area contributed by atoms with E-state index in [1.165, 1.54) is 5.56 Å². The number of rotatable bonds is 3. The van der Waals surface area contributed by atoms with E-state index >= 15 is 0 Å². The number of para-hydroxylation sites is 1. The maximum Gasteiger partial charge on any atom is 0.134 e. The first-order valence-corrected chi connectivity index (χ1v) is 7.93. The minimum absolute atomic E-state index is 0.196. The molecule has 0 aliphatic carbocycles. The maximum atomic E-state index is 6.58. The maximum absolute atomic E-state index is 6.58. The van der Waals surface area contributed by atoms with E-state index in [1.807, 2.05) is 18.2 Å². The molecule has 1 atom stereocenters. The van der Waals surface area contributed by atoms with Crippen LogP contribution in [0.3, 0.4) is 0 Å². The Morgan fingerprint density at radius 2 is 1.95 bits per heavy atom. The predicted octanol–water partition coefficient (Wildman–Crippen LogP) is 5.11. The molecule has 3 aromatic rings. The van der Waals surface area contributed by atoms with Crippen molar-refractivity contribution in [2.45, 2.75) is 26.3 Å². The smallest absolute Gasteiger partial charge is 0.134 e. The summed E-state index contributed by atoms with van der Waals surface area (Å²) < 4.78 is 7.00. The zero-order chi connectivity index (χ0) is 15.0. The van der Waals surface area contributed by atoms with Crippen LogP contribution in [-0.2, 0) is 6.42 Å². The van der Waals surface area contributed by atoms with E-state index in [1.54, 1.807) is 0 Å². The van der Waals surface area contributed by atoms with Gasteiger partial charge in [0.2, 0.25) is 0 Å². The fraction of sp³-hybridized carbons (Fsp3) is 0.222. The fourth-order valence-electron chi connectivity index (χ4n) is 2.78. The number of furan rings is 1. The molecule has 2 nitrogen and oxygen atoms in total. The number of aryl methyl sites for hydroxylation is 2. The highest BCUT2D eigenvalue weighted by Gasteiger charge is 2.21. The van der Waals surface area contributed by atoms with Gasteiger partial charge in [0.25, 0.3) is 0 Å². The van der Waals surface area contributed by atoms with E-state index in [9.17, 15) is 0 Å². The Hall–Kier alpha value is -1.58. The molecule has 2 N–H and O–H groups in total. The SMILES string of the molecule is CCc1oc2ccccc2c1C(N)c1cc(C)ccc1Br. The number of fused-ring (bicyclic) bond motifs is 1. The number of hydrogen-bond donors (Lipinski definition) is 1. The first kappa shape index (κ1) is 14.4. The van der Waals surface area contributed by atoms with Gasteiger partial charge in [0.05, 0.1) is 6.04 Å². The van der Waals surface area contributed by atoms with Gasteiger partial charge in [-0.15, -0.1) is 0 Å². The van der Waals surface area contributed by atoms with Gasteiger partial charge in [0, 0.05) is 21.8 Å². The lowest BCUT2D eigenvalue weighted by molar-refractivity contribution is 0.546. The fourth-order valence-corrected chi connectivity index (χ4v) is 3.27. The van der Waals surface area contributed by atoms with Gasteiger partial charge in [-0.05, 0) is 24.6 Å². The Morgan fingerprint density at radius 1 is 1.19 bits per heavy atom. The van der Waals surface area contributed by atoms with Crippen LogP contribution in [0.5, 0.6) is 0 Å². The molecule has 2 aromatic carbocycles. The van der Waals surface area contributed by atoms with Gasteiger partial charge in [-0.2, -0.15) is 0 Å². The Balaban J connectivity index is 2.21. The third kappa shape index (κ3) is 2.52. The van der Waals surface area contributed by atoms with Crippen molar-refractivity contribution in [2.75, 3.05) is 0 Å². The molecule has 3 heteroatoms. The van der Waals surface area contributed by atoms with Crippen molar-refractivity contribution >= 4 is 26.9 Å². The van der Waals surface area contributed by atoms with Crippen LogP contribution < -0.4 is 5.73 Å². The monoisotopic (exact) mass is 343 g/mol. The minimum Gasteiger partial charge on any atom is -0.461 e. The van der Waals surface area contributed by atoms with Gasteiger partial charge in [-0.1, -0.05) is 58.7 Å². The van der Waals surface area contributed by atoms with Crippen LogP contribution in [0.25, 0.3) is 11.0 Å². The van der Waals surface area contributed by atoms with Crippen molar-refractivity contribution in [2.24, 2.45) is 5.73 Å². The first-order valence-electron chi connectivity index (χ1n) is 7.13. The topological polar surface area (TPSA) is 39.2 Å². The lowest BCUT2D eigenvalue weighted by Gasteiger charge is -2.15. The molecule has 108 valence electrons. The molecule has 0 amide bonds. The van der Waals surface area contributed by atoms with Gasteiger partial charge in [0.1, 0.15) is 11.3 Å². The summed E-state index contributed by atoms with van der Waals surface area (Å²) in [5.74, 6) is 0.970. The predicted molar refractivity (Wildman–Crippen MR) is 90.5 cm³/mol. The van der Waals surface area contributed by atoms with Gasteiger partial charge < -0.3 is 10.2 Å². The van der Waals surface area contributed by atoms with Crippen molar-refractivity contribution < 1.29 is 4.42 Å². The normalized spacial score (nSPS) is 12.8. The number of hydrogen-bond acceptors (Lipinski definition) is 2. The number of nitrogens with two attached hydrogens (primary N) is 1. The van der Waals surface area contributed by atoms with Crippen LogP contribution in [0.1, 0.15) is 35.4 Å². The van der Waals surface area contributed by atoms with E-state index in [2.05, 4.69) is 54.0 Å². The summed E-state index contributed by atoms with van der Waals surface area (Å²) in [6.07, 6.45) is 0.834. The average Bonchev–Trinajstić information content (AvgIpc) is 2.87. The van der Waals surface area contributed by atoms with E-state index in [-0.39, 0.29) is 6.04 Å². The summed E-state index contributed by atoms with van der Waals surface area (Å²) in [5.41, 5.74) is 10.9.